The summed E-state index contributed by atoms with van der Waals surface area (Å²) in [6.07, 6.45) is 1.37. The number of carbonyl (C=O) groups is 1. The highest BCUT2D eigenvalue weighted by atomic mass is 16.3. The van der Waals surface area contributed by atoms with Crippen molar-refractivity contribution < 1.29 is 9.90 Å². The molecular weight excluding hydrogens is 236 g/mol. The maximum atomic E-state index is 10.4. The number of benzene rings is 2. The van der Waals surface area contributed by atoms with Gasteiger partial charge in [-0.15, -0.1) is 0 Å². The number of carbonyl (C=O) groups excluding carboxylic acids is 1. The second-order valence-electron chi connectivity index (χ2n) is 5.20. The number of hydrogen-bond acceptors (Lipinski definition) is 2. The first-order valence-corrected chi connectivity index (χ1v) is 6.36. The lowest BCUT2D eigenvalue weighted by Crippen LogP contribution is -2.14. The molecule has 2 nitrogen and oxygen atoms in total. The van der Waals surface area contributed by atoms with E-state index < -0.39 is 5.60 Å². The van der Waals surface area contributed by atoms with Crippen molar-refractivity contribution in [2.24, 2.45) is 0 Å². The number of hydrogen-bond donors (Lipinski definition) is 1. The number of aldehydes is 1. The average Bonchev–Trinajstić information content (AvgIpc) is 2.39. The lowest BCUT2D eigenvalue weighted by molar-refractivity contribution is -0.107. The number of rotatable bonds is 4. The van der Waals surface area contributed by atoms with Crippen molar-refractivity contribution >= 4 is 6.29 Å². The van der Waals surface area contributed by atoms with Crippen LogP contribution in [0.1, 0.15) is 25.0 Å². The molecule has 1 N–H and O–H groups in total. The van der Waals surface area contributed by atoms with Crippen LogP contribution in [0.2, 0.25) is 0 Å². The van der Waals surface area contributed by atoms with Crippen molar-refractivity contribution in [2.75, 3.05) is 0 Å². The Morgan fingerprint density at radius 3 is 1.84 bits per heavy atom. The summed E-state index contributed by atoms with van der Waals surface area (Å²) in [6, 6.07) is 15.8. The van der Waals surface area contributed by atoms with Gasteiger partial charge in [-0.3, -0.25) is 0 Å². The standard InChI is InChI=1S/C17H18O2/c1-17(2,19)16-9-7-15(8-10-16)14-5-3-13(4-6-14)11-12-18/h3-10,12,19H,11H2,1-2H3. The van der Waals surface area contributed by atoms with Gasteiger partial charge in [0.1, 0.15) is 6.29 Å². The van der Waals surface area contributed by atoms with Crippen LogP contribution in [0.3, 0.4) is 0 Å². The lowest BCUT2D eigenvalue weighted by Gasteiger charge is -2.17. The summed E-state index contributed by atoms with van der Waals surface area (Å²) in [7, 11) is 0. The summed E-state index contributed by atoms with van der Waals surface area (Å²) in [4.78, 5) is 10.4. The molecule has 0 saturated carbocycles. The molecule has 0 aliphatic rings. The molecule has 2 aromatic carbocycles. The second-order valence-corrected chi connectivity index (χ2v) is 5.20. The van der Waals surface area contributed by atoms with Crippen LogP contribution in [0.15, 0.2) is 48.5 Å². The van der Waals surface area contributed by atoms with Crippen LogP contribution in [-0.2, 0) is 16.8 Å². The van der Waals surface area contributed by atoms with Crippen molar-refractivity contribution in [3.63, 3.8) is 0 Å². The van der Waals surface area contributed by atoms with Crippen molar-refractivity contribution in [3.8, 4) is 11.1 Å². The minimum absolute atomic E-state index is 0.456. The molecule has 2 rings (SSSR count). The lowest BCUT2D eigenvalue weighted by atomic mass is 9.95. The molecule has 0 unspecified atom stereocenters. The van der Waals surface area contributed by atoms with E-state index in [-0.39, 0.29) is 0 Å². The topological polar surface area (TPSA) is 37.3 Å². The predicted molar refractivity (Wildman–Crippen MR) is 76.9 cm³/mol. The van der Waals surface area contributed by atoms with Crippen LogP contribution in [0.4, 0.5) is 0 Å². The van der Waals surface area contributed by atoms with Gasteiger partial charge < -0.3 is 9.90 Å². The van der Waals surface area contributed by atoms with E-state index in [0.29, 0.717) is 6.42 Å². The van der Waals surface area contributed by atoms with Crippen molar-refractivity contribution in [3.05, 3.63) is 59.7 Å². The average molecular weight is 254 g/mol. The van der Waals surface area contributed by atoms with Gasteiger partial charge in [-0.25, -0.2) is 0 Å². The van der Waals surface area contributed by atoms with E-state index in [1.165, 1.54) is 0 Å². The Kier molecular flexibility index (Phi) is 3.82. The molecule has 19 heavy (non-hydrogen) atoms. The summed E-state index contributed by atoms with van der Waals surface area (Å²) in [6.45, 7) is 3.55. The SMILES string of the molecule is CC(C)(O)c1ccc(-c2ccc(CC=O)cc2)cc1. The van der Waals surface area contributed by atoms with Crippen molar-refractivity contribution in [2.45, 2.75) is 25.9 Å². The molecule has 0 aliphatic carbocycles. The van der Waals surface area contributed by atoms with Gasteiger partial charge in [0.2, 0.25) is 0 Å². The van der Waals surface area contributed by atoms with E-state index in [2.05, 4.69) is 0 Å². The summed E-state index contributed by atoms with van der Waals surface area (Å²) in [5.74, 6) is 0. The molecule has 0 atom stereocenters. The third-order valence-electron chi connectivity index (χ3n) is 3.20. The molecular formula is C17H18O2. The van der Waals surface area contributed by atoms with E-state index in [4.69, 9.17) is 0 Å². The molecule has 0 aromatic heterocycles. The van der Waals surface area contributed by atoms with Gasteiger partial charge in [-0.2, -0.15) is 0 Å². The van der Waals surface area contributed by atoms with Crippen molar-refractivity contribution in [1.29, 1.82) is 0 Å². The maximum absolute atomic E-state index is 10.4. The molecule has 0 aliphatic heterocycles. The fraction of sp³-hybridized carbons (Fsp3) is 0.235. The van der Waals surface area contributed by atoms with Gasteiger partial charge in [0.15, 0.2) is 0 Å². The Morgan fingerprint density at radius 2 is 1.42 bits per heavy atom. The third kappa shape index (κ3) is 3.30. The quantitative estimate of drug-likeness (QED) is 0.850. The third-order valence-corrected chi connectivity index (χ3v) is 3.20. The highest BCUT2D eigenvalue weighted by Gasteiger charge is 2.15. The van der Waals surface area contributed by atoms with E-state index in [1.54, 1.807) is 13.8 Å². The largest absolute Gasteiger partial charge is 0.386 e. The first kappa shape index (κ1) is 13.5. The Hall–Kier alpha value is -1.93. The smallest absolute Gasteiger partial charge is 0.124 e. The fourth-order valence-electron chi connectivity index (χ4n) is 2.00. The van der Waals surface area contributed by atoms with Crippen LogP contribution in [-0.4, -0.2) is 11.4 Å². The summed E-state index contributed by atoms with van der Waals surface area (Å²) in [5, 5.41) is 9.91. The zero-order valence-corrected chi connectivity index (χ0v) is 11.3. The molecule has 0 bridgehead atoms. The molecule has 0 radical (unpaired) electrons. The zero-order valence-electron chi connectivity index (χ0n) is 11.3. The predicted octanol–water partition coefficient (Wildman–Crippen LogP) is 3.32. The van der Waals surface area contributed by atoms with Crippen LogP contribution in [0.25, 0.3) is 11.1 Å². The first-order valence-electron chi connectivity index (χ1n) is 6.36. The molecule has 0 saturated heterocycles. The van der Waals surface area contributed by atoms with E-state index in [0.717, 1.165) is 28.5 Å². The van der Waals surface area contributed by atoms with E-state index in [1.807, 2.05) is 48.5 Å². The fourth-order valence-corrected chi connectivity index (χ4v) is 2.00. The first-order chi connectivity index (χ1) is 9.00. The molecule has 2 aromatic rings. The monoisotopic (exact) mass is 254 g/mol. The van der Waals surface area contributed by atoms with Crippen molar-refractivity contribution in [1.82, 2.24) is 0 Å². The summed E-state index contributed by atoms with van der Waals surface area (Å²) in [5.41, 5.74) is 3.31. The van der Waals surface area contributed by atoms with Gasteiger partial charge in [-0.05, 0) is 36.1 Å². The van der Waals surface area contributed by atoms with Gasteiger partial charge in [0, 0.05) is 6.42 Å². The highest BCUT2D eigenvalue weighted by molar-refractivity contribution is 5.65. The Labute approximate surface area is 113 Å². The summed E-state index contributed by atoms with van der Waals surface area (Å²) >= 11 is 0. The van der Waals surface area contributed by atoms with Gasteiger partial charge >= 0.3 is 0 Å². The highest BCUT2D eigenvalue weighted by Crippen LogP contribution is 2.25. The van der Waals surface area contributed by atoms with Gasteiger partial charge in [0.25, 0.3) is 0 Å². The van der Waals surface area contributed by atoms with Gasteiger partial charge in [0.05, 0.1) is 5.60 Å². The minimum atomic E-state index is -0.813. The van der Waals surface area contributed by atoms with Gasteiger partial charge in [-0.1, -0.05) is 48.5 Å². The van der Waals surface area contributed by atoms with Crippen LogP contribution in [0.5, 0.6) is 0 Å². The molecule has 0 fully saturated rings. The minimum Gasteiger partial charge on any atom is -0.386 e. The second kappa shape index (κ2) is 5.37. The molecule has 98 valence electrons. The Bertz CT molecular complexity index is 545. The summed E-state index contributed by atoms with van der Waals surface area (Å²) < 4.78 is 0. The molecule has 0 amide bonds. The van der Waals surface area contributed by atoms with E-state index in [9.17, 15) is 9.90 Å². The maximum Gasteiger partial charge on any atom is 0.124 e. The molecule has 0 heterocycles. The molecule has 0 spiro atoms. The van der Waals surface area contributed by atoms with Crippen LogP contribution >= 0.6 is 0 Å². The number of aliphatic hydroxyl groups is 1. The molecule has 2 heteroatoms. The normalized spacial score (nSPS) is 11.3. The zero-order chi connectivity index (χ0) is 13.9. The van der Waals surface area contributed by atoms with Crippen LogP contribution < -0.4 is 0 Å². The van der Waals surface area contributed by atoms with E-state index >= 15 is 0 Å². The Morgan fingerprint density at radius 1 is 0.947 bits per heavy atom. The van der Waals surface area contributed by atoms with Crippen LogP contribution in [0, 0.1) is 0 Å². The Balaban J connectivity index is 2.24.